The summed E-state index contributed by atoms with van der Waals surface area (Å²) in [5, 5.41) is 22.8. The molecule has 3 fully saturated rings. The second-order valence-corrected chi connectivity index (χ2v) is 5.76. The molecule has 0 radical (unpaired) electrons. The molecule has 0 spiro atoms. The van der Waals surface area contributed by atoms with Crippen LogP contribution in [0.4, 0.5) is 11.4 Å². The molecule has 1 aromatic rings. The van der Waals surface area contributed by atoms with E-state index in [1.165, 1.54) is 0 Å². The first kappa shape index (κ1) is 13.2. The molecule has 0 aliphatic carbocycles. The average molecular weight is 303 g/mol. The third-order valence-corrected chi connectivity index (χ3v) is 4.68. The standard InChI is InChI=1S/C14H12N2O6/c17-8-2-1-6(16(20)21)5-7(8)15-13(18)11-9-3-4-10(22-9)12(11)14(15)19/h1-2,5,9-12,17H,3-4H2/p-1/t9-,10+,11+,12-. The monoisotopic (exact) mass is 303 g/mol. The highest BCUT2D eigenvalue weighted by Gasteiger charge is 2.62. The van der Waals surface area contributed by atoms with E-state index in [2.05, 4.69) is 0 Å². The minimum Gasteiger partial charge on any atom is -0.871 e. The van der Waals surface area contributed by atoms with Gasteiger partial charge < -0.3 is 9.84 Å². The quantitative estimate of drug-likeness (QED) is 0.442. The summed E-state index contributed by atoms with van der Waals surface area (Å²) >= 11 is 0. The summed E-state index contributed by atoms with van der Waals surface area (Å²) in [6.07, 6.45) is 0.867. The van der Waals surface area contributed by atoms with Gasteiger partial charge in [-0.15, -0.1) is 0 Å². The summed E-state index contributed by atoms with van der Waals surface area (Å²) in [7, 11) is 0. The maximum absolute atomic E-state index is 12.5. The second kappa shape index (κ2) is 4.26. The number of benzene rings is 1. The molecule has 0 unspecified atom stereocenters. The Hall–Kier alpha value is -2.48. The number of imide groups is 1. The molecule has 3 aliphatic rings. The van der Waals surface area contributed by atoms with Crippen LogP contribution >= 0.6 is 0 Å². The number of rotatable bonds is 2. The highest BCUT2D eigenvalue weighted by Crippen LogP contribution is 2.50. The molecule has 3 aliphatic heterocycles. The fourth-order valence-electron chi connectivity index (χ4n) is 3.74. The molecule has 0 saturated carbocycles. The van der Waals surface area contributed by atoms with Crippen LogP contribution in [0, 0.1) is 22.0 Å². The third-order valence-electron chi connectivity index (χ3n) is 4.68. The molecule has 4 atom stereocenters. The maximum atomic E-state index is 12.5. The van der Waals surface area contributed by atoms with Gasteiger partial charge in [-0.3, -0.25) is 24.6 Å². The lowest BCUT2D eigenvalue weighted by Gasteiger charge is -2.22. The van der Waals surface area contributed by atoms with Gasteiger partial charge in [0.25, 0.3) is 5.69 Å². The molecular weight excluding hydrogens is 292 g/mol. The smallest absolute Gasteiger partial charge is 0.271 e. The lowest BCUT2D eigenvalue weighted by molar-refractivity contribution is -0.385. The predicted molar refractivity (Wildman–Crippen MR) is 69.9 cm³/mol. The molecule has 1 aromatic carbocycles. The van der Waals surface area contributed by atoms with Crippen molar-refractivity contribution in [1.29, 1.82) is 0 Å². The lowest BCUT2D eigenvalue weighted by Crippen LogP contribution is -2.34. The number of nitrogens with zero attached hydrogens (tertiary/aromatic N) is 2. The normalized spacial score (nSPS) is 32.6. The Labute approximate surface area is 124 Å². The van der Waals surface area contributed by atoms with E-state index in [9.17, 15) is 24.8 Å². The Morgan fingerprint density at radius 1 is 1.14 bits per heavy atom. The molecule has 22 heavy (non-hydrogen) atoms. The lowest BCUT2D eigenvalue weighted by atomic mass is 9.81. The van der Waals surface area contributed by atoms with Gasteiger partial charge in [0, 0.05) is 12.1 Å². The first-order valence-corrected chi connectivity index (χ1v) is 6.98. The molecule has 114 valence electrons. The summed E-state index contributed by atoms with van der Waals surface area (Å²) in [4.78, 5) is 36.1. The van der Waals surface area contributed by atoms with Crippen molar-refractivity contribution >= 4 is 23.2 Å². The highest BCUT2D eigenvalue weighted by molar-refractivity contribution is 6.23. The average Bonchev–Trinajstić information content (AvgIpc) is 3.14. The predicted octanol–water partition coefficient (Wildman–Crippen LogP) is 0.335. The van der Waals surface area contributed by atoms with Crippen LogP contribution in [0.2, 0.25) is 0 Å². The van der Waals surface area contributed by atoms with Gasteiger partial charge in [0.2, 0.25) is 11.8 Å². The first-order chi connectivity index (χ1) is 10.5. The second-order valence-electron chi connectivity index (χ2n) is 5.76. The van der Waals surface area contributed by atoms with Crippen molar-refractivity contribution in [3.8, 4) is 5.75 Å². The van der Waals surface area contributed by atoms with Crippen LogP contribution in [-0.2, 0) is 14.3 Å². The Morgan fingerprint density at radius 2 is 1.73 bits per heavy atom. The Morgan fingerprint density at radius 3 is 2.27 bits per heavy atom. The summed E-state index contributed by atoms with van der Waals surface area (Å²) < 4.78 is 5.60. The van der Waals surface area contributed by atoms with Gasteiger partial charge in [-0.05, 0) is 12.8 Å². The minimum atomic E-state index is -0.665. The number of ether oxygens (including phenoxy) is 1. The zero-order valence-electron chi connectivity index (χ0n) is 11.3. The van der Waals surface area contributed by atoms with Gasteiger partial charge in [-0.1, -0.05) is 11.8 Å². The van der Waals surface area contributed by atoms with Gasteiger partial charge in [0.05, 0.1) is 34.7 Å². The molecule has 4 rings (SSSR count). The molecule has 3 saturated heterocycles. The van der Waals surface area contributed by atoms with Gasteiger partial charge in [0.15, 0.2) is 0 Å². The van der Waals surface area contributed by atoms with Gasteiger partial charge in [-0.25, -0.2) is 0 Å². The summed E-state index contributed by atoms with van der Waals surface area (Å²) in [6.45, 7) is 0. The van der Waals surface area contributed by atoms with Crippen molar-refractivity contribution in [2.45, 2.75) is 25.0 Å². The fourth-order valence-corrected chi connectivity index (χ4v) is 3.74. The summed E-state index contributed by atoms with van der Waals surface area (Å²) in [5.74, 6) is -2.69. The van der Waals surface area contributed by atoms with Gasteiger partial charge in [-0.2, -0.15) is 0 Å². The zero-order valence-corrected chi connectivity index (χ0v) is 11.3. The number of non-ortho nitro benzene ring substituents is 1. The summed E-state index contributed by atoms with van der Waals surface area (Å²) in [5.41, 5.74) is -0.565. The maximum Gasteiger partial charge on any atom is 0.271 e. The molecule has 3 heterocycles. The van der Waals surface area contributed by atoms with Crippen molar-refractivity contribution < 1.29 is 24.4 Å². The van der Waals surface area contributed by atoms with E-state index in [1.54, 1.807) is 0 Å². The van der Waals surface area contributed by atoms with E-state index in [0.717, 1.165) is 35.9 Å². The van der Waals surface area contributed by atoms with Gasteiger partial charge in [0.1, 0.15) is 0 Å². The van der Waals surface area contributed by atoms with E-state index in [4.69, 9.17) is 4.74 Å². The van der Waals surface area contributed by atoms with E-state index in [0.29, 0.717) is 0 Å². The van der Waals surface area contributed by atoms with Crippen LogP contribution in [0.15, 0.2) is 18.2 Å². The van der Waals surface area contributed by atoms with Crippen molar-refractivity contribution in [3.05, 3.63) is 28.3 Å². The number of amides is 2. The largest absolute Gasteiger partial charge is 0.871 e. The molecule has 2 amide bonds. The number of nitro groups is 1. The fraction of sp³-hybridized carbons (Fsp3) is 0.429. The van der Waals surface area contributed by atoms with Crippen LogP contribution in [0.3, 0.4) is 0 Å². The number of anilines is 1. The molecule has 0 N–H and O–H groups in total. The Balaban J connectivity index is 1.78. The number of carbonyl (C=O) groups is 2. The van der Waals surface area contributed by atoms with E-state index in [-0.39, 0.29) is 23.6 Å². The van der Waals surface area contributed by atoms with Crippen LogP contribution in [0.5, 0.6) is 5.75 Å². The number of fused-ring (bicyclic) bond motifs is 5. The first-order valence-electron chi connectivity index (χ1n) is 6.98. The van der Waals surface area contributed by atoms with E-state index < -0.39 is 34.3 Å². The Bertz CT molecular complexity index is 689. The van der Waals surface area contributed by atoms with Crippen LogP contribution in [0.25, 0.3) is 0 Å². The number of nitro benzene ring substituents is 1. The van der Waals surface area contributed by atoms with Gasteiger partial charge >= 0.3 is 0 Å². The molecule has 8 nitrogen and oxygen atoms in total. The van der Waals surface area contributed by atoms with Crippen molar-refractivity contribution in [1.82, 2.24) is 0 Å². The Kier molecular flexibility index (Phi) is 2.56. The topological polar surface area (TPSA) is 113 Å². The zero-order chi connectivity index (χ0) is 15.6. The molecule has 8 heteroatoms. The van der Waals surface area contributed by atoms with Crippen LogP contribution in [-0.4, -0.2) is 28.9 Å². The summed E-state index contributed by atoms with van der Waals surface area (Å²) in [6, 6.07) is 3.06. The van der Waals surface area contributed by atoms with Crippen LogP contribution < -0.4 is 10.0 Å². The van der Waals surface area contributed by atoms with Crippen LogP contribution in [0.1, 0.15) is 12.8 Å². The number of hydrogen-bond acceptors (Lipinski definition) is 6. The third kappa shape index (κ3) is 1.55. The van der Waals surface area contributed by atoms with Crippen molar-refractivity contribution in [3.63, 3.8) is 0 Å². The molecule has 2 bridgehead atoms. The highest BCUT2D eigenvalue weighted by atomic mass is 16.6. The van der Waals surface area contributed by atoms with E-state index >= 15 is 0 Å². The number of hydrogen-bond donors (Lipinski definition) is 0. The molecular formula is C14H11N2O6-. The molecule has 0 aromatic heterocycles. The number of carbonyl (C=O) groups excluding carboxylic acids is 2. The van der Waals surface area contributed by atoms with E-state index in [1.807, 2.05) is 0 Å². The minimum absolute atomic E-state index is 0.238. The SMILES string of the molecule is O=C1[C@@H]2[C@H](C(=O)N1c1cc([N+](=O)[O-])ccc1[O-])[C@@H]1CC[C@H]2O1. The van der Waals surface area contributed by atoms with Crippen molar-refractivity contribution in [2.75, 3.05) is 4.90 Å². The van der Waals surface area contributed by atoms with Crippen molar-refractivity contribution in [2.24, 2.45) is 11.8 Å².